The molecule has 3 atom stereocenters. The summed E-state index contributed by atoms with van der Waals surface area (Å²) in [4.78, 5) is 14.4. The molecule has 2 aliphatic rings. The molecule has 7 nitrogen and oxygen atoms in total. The van der Waals surface area contributed by atoms with Crippen LogP contribution in [-0.4, -0.2) is 60.7 Å². The molecule has 1 unspecified atom stereocenters. The van der Waals surface area contributed by atoms with Gasteiger partial charge in [0.05, 0.1) is 11.5 Å². The molecule has 1 heterocycles. The molecule has 1 N–H and O–H groups in total. The first kappa shape index (κ1) is 23.7. The van der Waals surface area contributed by atoms with Crippen molar-refractivity contribution >= 4 is 16.0 Å². The Kier molecular flexibility index (Phi) is 6.48. The van der Waals surface area contributed by atoms with Crippen molar-refractivity contribution in [3.05, 3.63) is 59.7 Å². The third-order valence-electron chi connectivity index (χ3n) is 6.92. The fourth-order valence-corrected chi connectivity index (χ4v) is 6.71. The van der Waals surface area contributed by atoms with Crippen LogP contribution in [0.3, 0.4) is 0 Å². The number of carboxylic acid groups (broad SMARTS) is 1. The molecule has 2 aromatic carbocycles. The lowest BCUT2D eigenvalue weighted by molar-refractivity contribution is -0.149. The Bertz CT molecular complexity index is 1140. The van der Waals surface area contributed by atoms with Crippen LogP contribution >= 0.6 is 0 Å². The molecule has 0 radical (unpaired) electrons. The van der Waals surface area contributed by atoms with E-state index in [1.54, 1.807) is 36.4 Å². The fourth-order valence-electron chi connectivity index (χ4n) is 5.06. The third-order valence-corrected chi connectivity index (χ3v) is 8.59. The predicted octanol–water partition coefficient (Wildman–Crippen LogP) is 3.47. The zero-order valence-corrected chi connectivity index (χ0v) is 19.6. The number of aliphatic carboxylic acids is 1. The molecule has 33 heavy (non-hydrogen) atoms. The minimum atomic E-state index is -4.72. The number of carboxylic acids is 1. The van der Waals surface area contributed by atoms with Crippen LogP contribution in [0, 0.1) is 5.92 Å². The number of hydrogen-bond acceptors (Lipinski definition) is 5. The topological polar surface area (TPSA) is 87.2 Å². The second-order valence-corrected chi connectivity index (χ2v) is 10.2. The lowest BCUT2D eigenvalue weighted by Crippen LogP contribution is -2.45. The van der Waals surface area contributed by atoms with Gasteiger partial charge in [0.2, 0.25) is 0 Å². The van der Waals surface area contributed by atoms with Gasteiger partial charge in [-0.1, -0.05) is 50.2 Å². The molecular formula is C24H29FN2O5S. The highest BCUT2D eigenvalue weighted by molar-refractivity contribution is 7.89. The van der Waals surface area contributed by atoms with Crippen molar-refractivity contribution in [3.63, 3.8) is 0 Å². The number of fused-ring (bicyclic) bond motifs is 3. The Labute approximate surface area is 193 Å². The largest absolute Gasteiger partial charge is 0.493 e. The number of sulfonamides is 1. The van der Waals surface area contributed by atoms with Gasteiger partial charge in [-0.15, -0.1) is 4.48 Å². The average Bonchev–Trinajstić information content (AvgIpc) is 3.52. The maximum atomic E-state index is 15.9. The first-order valence-corrected chi connectivity index (χ1v) is 12.7. The predicted molar refractivity (Wildman–Crippen MR) is 121 cm³/mol. The number of nitrogens with zero attached hydrogens (tertiary/aromatic N) is 2. The summed E-state index contributed by atoms with van der Waals surface area (Å²) in [5.74, 6) is -2.67. The van der Waals surface area contributed by atoms with Crippen LogP contribution in [-0.2, 0) is 21.2 Å². The van der Waals surface area contributed by atoms with Crippen molar-refractivity contribution in [2.45, 2.75) is 43.0 Å². The molecule has 9 heteroatoms. The molecular weight excluding hydrogens is 447 g/mol. The van der Waals surface area contributed by atoms with Crippen LogP contribution in [0.15, 0.2) is 53.4 Å². The molecule has 0 amide bonds. The standard InChI is InChI=1S/C24H29FN2O5S/c1-3-26(4-2)15-9-11-17-10-5-8-14-21(17)33(30,31)27(25)24(23(28)29)19-16-32-20-13-7-6-12-18(20)22(19)24/h5-8,10,12-14,19,22H,3-4,9,11,15-16H2,1-2H3,(H,28,29)/t19-,22-,24?/m1/s1. The van der Waals surface area contributed by atoms with Gasteiger partial charge in [-0.25, -0.2) is 8.42 Å². The van der Waals surface area contributed by atoms with Crippen LogP contribution in [0.2, 0.25) is 0 Å². The molecule has 4 rings (SSSR count). The average molecular weight is 477 g/mol. The quantitative estimate of drug-likeness (QED) is 0.529. The Morgan fingerprint density at radius 3 is 2.52 bits per heavy atom. The zero-order valence-electron chi connectivity index (χ0n) is 18.8. The maximum absolute atomic E-state index is 15.9. The normalized spacial score (nSPS) is 23.7. The van der Waals surface area contributed by atoms with E-state index in [9.17, 15) is 18.3 Å². The van der Waals surface area contributed by atoms with Crippen LogP contribution in [0.5, 0.6) is 5.75 Å². The summed E-state index contributed by atoms with van der Waals surface area (Å²) in [7, 11) is -4.72. The lowest BCUT2D eigenvalue weighted by Gasteiger charge is -2.23. The monoisotopic (exact) mass is 476 g/mol. The SMILES string of the molecule is CCN(CC)CCCc1ccccc1S(=O)(=O)N(F)C1(C(=O)O)[C@@H]2COc3ccccc3[C@H]21. The lowest BCUT2D eigenvalue weighted by atomic mass is 10.0. The van der Waals surface area contributed by atoms with Gasteiger partial charge in [-0.2, -0.15) is 0 Å². The Hall–Kier alpha value is -2.49. The van der Waals surface area contributed by atoms with Gasteiger partial charge in [0, 0.05) is 17.4 Å². The zero-order chi connectivity index (χ0) is 23.8. The molecule has 1 aliphatic carbocycles. The number of aryl methyl sites for hydroxylation is 1. The first-order chi connectivity index (χ1) is 15.8. The summed E-state index contributed by atoms with van der Waals surface area (Å²) >= 11 is 0. The van der Waals surface area contributed by atoms with Crippen molar-refractivity contribution < 1.29 is 27.5 Å². The van der Waals surface area contributed by atoms with E-state index in [1.807, 2.05) is 0 Å². The summed E-state index contributed by atoms with van der Waals surface area (Å²) in [5.41, 5.74) is -1.23. The third kappa shape index (κ3) is 3.82. The number of ether oxygens (including phenoxy) is 1. The summed E-state index contributed by atoms with van der Waals surface area (Å²) in [5, 5.41) is 10.1. The van der Waals surface area contributed by atoms with Gasteiger partial charge in [0.15, 0.2) is 5.54 Å². The van der Waals surface area contributed by atoms with Gasteiger partial charge in [0.25, 0.3) is 10.0 Å². The van der Waals surface area contributed by atoms with Crippen molar-refractivity contribution in [2.75, 3.05) is 26.2 Å². The Morgan fingerprint density at radius 1 is 1.15 bits per heavy atom. The van der Waals surface area contributed by atoms with Gasteiger partial charge in [-0.05, 0) is 54.7 Å². The second-order valence-electron chi connectivity index (χ2n) is 8.52. The number of benzene rings is 2. The molecule has 0 bridgehead atoms. The summed E-state index contributed by atoms with van der Waals surface area (Å²) in [6.07, 6.45) is 1.15. The van der Waals surface area contributed by atoms with Crippen molar-refractivity contribution in [3.8, 4) is 5.75 Å². The van der Waals surface area contributed by atoms with Gasteiger partial charge < -0.3 is 14.7 Å². The van der Waals surface area contributed by atoms with Crippen LogP contribution < -0.4 is 4.74 Å². The minimum absolute atomic E-state index is 0.0601. The minimum Gasteiger partial charge on any atom is -0.493 e. The highest BCUT2D eigenvalue weighted by Crippen LogP contribution is 2.66. The van der Waals surface area contributed by atoms with Crippen LogP contribution in [0.25, 0.3) is 0 Å². The smallest absolute Gasteiger partial charge is 0.329 e. The molecule has 2 aromatic rings. The summed E-state index contributed by atoms with van der Waals surface area (Å²) < 4.78 is 48.0. The number of hydrogen-bond donors (Lipinski definition) is 1. The molecule has 178 valence electrons. The van der Waals surface area contributed by atoms with E-state index in [1.165, 1.54) is 12.1 Å². The van der Waals surface area contributed by atoms with Crippen LogP contribution in [0.4, 0.5) is 4.48 Å². The number of halogens is 1. The van der Waals surface area contributed by atoms with E-state index in [-0.39, 0.29) is 11.5 Å². The highest BCUT2D eigenvalue weighted by Gasteiger charge is 2.79. The highest BCUT2D eigenvalue weighted by atomic mass is 32.2. The van der Waals surface area contributed by atoms with E-state index >= 15 is 4.48 Å². The summed E-state index contributed by atoms with van der Waals surface area (Å²) in [6.45, 7) is 6.63. The molecule has 0 saturated heterocycles. The molecule has 1 aliphatic heterocycles. The van der Waals surface area contributed by atoms with E-state index in [4.69, 9.17) is 4.74 Å². The van der Waals surface area contributed by atoms with Gasteiger partial charge in [0.1, 0.15) is 5.75 Å². The Morgan fingerprint density at radius 2 is 1.82 bits per heavy atom. The van der Waals surface area contributed by atoms with E-state index in [0.717, 1.165) is 19.6 Å². The molecule has 0 aromatic heterocycles. The first-order valence-electron chi connectivity index (χ1n) is 11.3. The van der Waals surface area contributed by atoms with Gasteiger partial charge in [-0.3, -0.25) is 4.79 Å². The van der Waals surface area contributed by atoms with E-state index in [0.29, 0.717) is 29.7 Å². The van der Waals surface area contributed by atoms with Crippen molar-refractivity contribution in [1.29, 1.82) is 0 Å². The number of carbonyl (C=O) groups is 1. The molecule has 1 fully saturated rings. The van der Waals surface area contributed by atoms with E-state index < -0.39 is 37.9 Å². The number of rotatable bonds is 10. The molecule has 0 spiro atoms. The molecule has 1 saturated carbocycles. The van der Waals surface area contributed by atoms with Crippen molar-refractivity contribution in [1.82, 2.24) is 9.43 Å². The number of para-hydroxylation sites is 1. The fraction of sp³-hybridized carbons (Fsp3) is 0.458. The second kappa shape index (κ2) is 9.04. The summed E-state index contributed by atoms with van der Waals surface area (Å²) in [6, 6.07) is 13.0. The van der Waals surface area contributed by atoms with Crippen LogP contribution in [0.1, 0.15) is 37.3 Å². The van der Waals surface area contributed by atoms with Crippen molar-refractivity contribution in [2.24, 2.45) is 5.92 Å². The van der Waals surface area contributed by atoms with Gasteiger partial charge >= 0.3 is 5.97 Å². The van der Waals surface area contributed by atoms with E-state index in [2.05, 4.69) is 18.7 Å². The Balaban J connectivity index is 1.65. The maximum Gasteiger partial charge on any atom is 0.329 e.